The van der Waals surface area contributed by atoms with E-state index in [9.17, 15) is 22.4 Å². The Bertz CT molecular complexity index is 1110. The van der Waals surface area contributed by atoms with E-state index in [0.29, 0.717) is 5.52 Å². The summed E-state index contributed by atoms with van der Waals surface area (Å²) in [5, 5.41) is 0. The van der Waals surface area contributed by atoms with E-state index < -0.39 is 33.9 Å². The average Bonchev–Trinajstić information content (AvgIpc) is 2.87. The number of rotatable bonds is 5. The first-order valence-electron chi connectivity index (χ1n) is 7.16. The topological polar surface area (TPSA) is 98.4 Å². The first-order valence-corrected chi connectivity index (χ1v) is 8.64. The molecule has 3 rings (SSSR count). The monoisotopic (exact) mass is 364 g/mol. The van der Waals surface area contributed by atoms with Gasteiger partial charge in [-0.05, 0) is 36.4 Å². The van der Waals surface area contributed by atoms with E-state index in [-0.39, 0.29) is 16.0 Å². The molecule has 0 radical (unpaired) electrons. The fourth-order valence-electron chi connectivity index (χ4n) is 2.26. The third kappa shape index (κ3) is 3.37. The second-order valence-corrected chi connectivity index (χ2v) is 7.08. The second-order valence-electron chi connectivity index (χ2n) is 5.31. The van der Waals surface area contributed by atoms with Crippen molar-refractivity contribution in [2.75, 3.05) is 6.54 Å². The molecule has 0 bridgehead atoms. The molecule has 0 fully saturated rings. The van der Waals surface area contributed by atoms with Gasteiger partial charge in [-0.3, -0.25) is 9.36 Å². The molecule has 1 heterocycles. The zero-order valence-electron chi connectivity index (χ0n) is 13.0. The van der Waals surface area contributed by atoms with Crippen molar-refractivity contribution in [1.29, 1.82) is 0 Å². The zero-order valence-corrected chi connectivity index (χ0v) is 13.8. The highest BCUT2D eigenvalue weighted by molar-refractivity contribution is 7.89. The summed E-state index contributed by atoms with van der Waals surface area (Å²) in [5.74, 6) is -1.60. The summed E-state index contributed by atoms with van der Waals surface area (Å²) in [6.45, 7) is -0.481. The highest BCUT2D eigenvalue weighted by Gasteiger charge is 2.18. The molecule has 0 spiro atoms. The summed E-state index contributed by atoms with van der Waals surface area (Å²) in [4.78, 5) is 23.3. The summed E-state index contributed by atoms with van der Waals surface area (Å²) in [5.41, 5.74) is 0.764. The van der Waals surface area contributed by atoms with Gasteiger partial charge in [-0.2, -0.15) is 0 Å². The standard InChI is InChI=1S/C16H13FN2O5S/c1-19-13-7-6-12(8-15(13)24-16(19)21)25(22,23)18-9-14(20)10-2-4-11(17)5-3-10/h2-8,18H,9H2,1H3. The number of carbonyl (C=O) groups excluding carboxylic acids is 1. The van der Waals surface area contributed by atoms with Gasteiger partial charge in [0, 0.05) is 18.7 Å². The van der Waals surface area contributed by atoms with Crippen molar-refractivity contribution < 1.29 is 22.0 Å². The molecule has 0 aliphatic rings. The molecule has 25 heavy (non-hydrogen) atoms. The molecule has 0 atom stereocenters. The summed E-state index contributed by atoms with van der Waals surface area (Å²) >= 11 is 0. The number of Topliss-reactive ketones (excluding diaryl/α,β-unsaturated/α-hetero) is 1. The van der Waals surface area contributed by atoms with Gasteiger partial charge in [0.25, 0.3) is 0 Å². The van der Waals surface area contributed by atoms with Crippen LogP contribution in [0.25, 0.3) is 11.1 Å². The lowest BCUT2D eigenvalue weighted by Crippen LogP contribution is -2.29. The number of sulfonamides is 1. The maximum Gasteiger partial charge on any atom is 0.419 e. The van der Waals surface area contributed by atoms with Crippen LogP contribution in [-0.4, -0.2) is 25.3 Å². The molecule has 1 N–H and O–H groups in total. The van der Waals surface area contributed by atoms with E-state index in [1.54, 1.807) is 0 Å². The number of fused-ring (bicyclic) bond motifs is 1. The van der Waals surface area contributed by atoms with Gasteiger partial charge < -0.3 is 4.42 Å². The number of oxazole rings is 1. The maximum absolute atomic E-state index is 12.8. The number of nitrogens with one attached hydrogen (secondary N) is 1. The number of ketones is 1. The van der Waals surface area contributed by atoms with Gasteiger partial charge >= 0.3 is 5.76 Å². The smallest absolute Gasteiger partial charge is 0.408 e. The average molecular weight is 364 g/mol. The Morgan fingerprint density at radius 1 is 1.20 bits per heavy atom. The highest BCUT2D eigenvalue weighted by atomic mass is 32.2. The number of nitrogens with zero attached hydrogens (tertiary/aromatic N) is 1. The molecule has 0 saturated carbocycles. The normalized spacial score (nSPS) is 11.8. The summed E-state index contributed by atoms with van der Waals surface area (Å²) in [6.07, 6.45) is 0. The van der Waals surface area contributed by atoms with Gasteiger partial charge in [0.2, 0.25) is 10.0 Å². The molecule has 0 saturated heterocycles. The van der Waals surface area contributed by atoms with Crippen LogP contribution in [0, 0.1) is 5.82 Å². The predicted octanol–water partition coefficient (Wildman–Crippen LogP) is 1.43. The number of carbonyl (C=O) groups is 1. The third-order valence-corrected chi connectivity index (χ3v) is 5.06. The van der Waals surface area contributed by atoms with Crippen LogP contribution in [0.1, 0.15) is 10.4 Å². The first kappa shape index (κ1) is 17.1. The maximum atomic E-state index is 12.8. The Labute approximate surface area is 141 Å². The van der Waals surface area contributed by atoms with E-state index in [0.717, 1.165) is 12.1 Å². The van der Waals surface area contributed by atoms with Crippen molar-refractivity contribution in [3.63, 3.8) is 0 Å². The zero-order chi connectivity index (χ0) is 18.2. The molecule has 0 aliphatic heterocycles. The van der Waals surface area contributed by atoms with Crippen LogP contribution >= 0.6 is 0 Å². The van der Waals surface area contributed by atoms with E-state index in [1.165, 1.54) is 41.9 Å². The molecule has 3 aromatic rings. The van der Waals surface area contributed by atoms with E-state index in [4.69, 9.17) is 4.42 Å². The van der Waals surface area contributed by atoms with Crippen molar-refractivity contribution in [3.05, 3.63) is 64.4 Å². The Balaban J connectivity index is 1.81. The molecule has 7 nitrogen and oxygen atoms in total. The van der Waals surface area contributed by atoms with Crippen LogP contribution in [-0.2, 0) is 17.1 Å². The lowest BCUT2D eigenvalue weighted by molar-refractivity contribution is 0.0997. The fourth-order valence-corrected chi connectivity index (χ4v) is 3.26. The van der Waals surface area contributed by atoms with Gasteiger partial charge in [-0.1, -0.05) is 0 Å². The molecular formula is C16H13FN2O5S. The van der Waals surface area contributed by atoms with Crippen LogP contribution in [0.2, 0.25) is 0 Å². The Hall–Kier alpha value is -2.78. The summed E-state index contributed by atoms with van der Waals surface area (Å²) in [7, 11) is -2.48. The number of hydrogen-bond acceptors (Lipinski definition) is 5. The number of hydrogen-bond donors (Lipinski definition) is 1. The predicted molar refractivity (Wildman–Crippen MR) is 87.4 cm³/mol. The van der Waals surface area contributed by atoms with E-state index >= 15 is 0 Å². The molecule has 0 amide bonds. The van der Waals surface area contributed by atoms with Gasteiger partial charge in [0.1, 0.15) is 5.82 Å². The molecule has 0 unspecified atom stereocenters. The van der Waals surface area contributed by atoms with E-state index in [2.05, 4.69) is 4.72 Å². The molecule has 2 aromatic carbocycles. The summed E-state index contributed by atoms with van der Waals surface area (Å²) < 4.78 is 45.8. The van der Waals surface area contributed by atoms with Gasteiger partial charge in [0.05, 0.1) is 17.0 Å². The first-order chi connectivity index (χ1) is 11.8. The minimum atomic E-state index is -3.98. The fraction of sp³-hybridized carbons (Fsp3) is 0.125. The molecule has 9 heteroatoms. The number of halogens is 1. The van der Waals surface area contributed by atoms with Crippen LogP contribution in [0.4, 0.5) is 4.39 Å². The number of benzene rings is 2. The Morgan fingerprint density at radius 2 is 1.88 bits per heavy atom. The minimum absolute atomic E-state index is 0.125. The molecule has 1 aromatic heterocycles. The molecule has 130 valence electrons. The van der Waals surface area contributed by atoms with Gasteiger partial charge in [-0.25, -0.2) is 22.3 Å². The lowest BCUT2D eigenvalue weighted by Gasteiger charge is -2.06. The number of aromatic nitrogens is 1. The quantitative estimate of drug-likeness (QED) is 0.691. The summed E-state index contributed by atoms with van der Waals surface area (Å²) in [6, 6.07) is 8.74. The molecular weight excluding hydrogens is 351 g/mol. The van der Waals surface area contributed by atoms with E-state index in [1.807, 2.05) is 0 Å². The van der Waals surface area contributed by atoms with Crippen LogP contribution in [0.3, 0.4) is 0 Å². The minimum Gasteiger partial charge on any atom is -0.408 e. The van der Waals surface area contributed by atoms with Gasteiger partial charge in [-0.15, -0.1) is 0 Å². The third-order valence-electron chi connectivity index (χ3n) is 3.66. The molecule has 0 aliphatic carbocycles. The SMILES string of the molecule is Cn1c(=O)oc2cc(S(=O)(=O)NCC(=O)c3ccc(F)cc3)ccc21. The second kappa shape index (κ2) is 6.26. The Kier molecular flexibility index (Phi) is 4.27. The van der Waals surface area contributed by atoms with Crippen molar-refractivity contribution in [2.24, 2.45) is 7.05 Å². The van der Waals surface area contributed by atoms with Gasteiger partial charge in [0.15, 0.2) is 11.4 Å². The number of aryl methyl sites for hydroxylation is 1. The van der Waals surface area contributed by atoms with Crippen molar-refractivity contribution >= 4 is 26.9 Å². The van der Waals surface area contributed by atoms with Crippen LogP contribution < -0.4 is 10.5 Å². The highest BCUT2D eigenvalue weighted by Crippen LogP contribution is 2.17. The Morgan fingerprint density at radius 3 is 2.56 bits per heavy atom. The lowest BCUT2D eigenvalue weighted by atomic mass is 10.1. The van der Waals surface area contributed by atoms with Crippen molar-refractivity contribution in [3.8, 4) is 0 Å². The largest absolute Gasteiger partial charge is 0.419 e. The van der Waals surface area contributed by atoms with Crippen LogP contribution in [0.5, 0.6) is 0 Å². The van der Waals surface area contributed by atoms with Crippen LogP contribution in [0.15, 0.2) is 56.6 Å². The van der Waals surface area contributed by atoms with Crippen molar-refractivity contribution in [1.82, 2.24) is 9.29 Å². The van der Waals surface area contributed by atoms with Crippen molar-refractivity contribution in [2.45, 2.75) is 4.90 Å².